The largest absolute Gasteiger partial charge is 0.497 e. The zero-order valence-corrected chi connectivity index (χ0v) is 16.6. The van der Waals surface area contributed by atoms with Gasteiger partial charge in [0.2, 0.25) is 0 Å². The molecule has 0 saturated carbocycles. The van der Waals surface area contributed by atoms with Crippen LogP contribution in [0.1, 0.15) is 11.3 Å². The standard InChI is InChI=1S/C20H19Cl2NO2.ClH/c1-24-16-5-2-14(3-6-16)10-11-23-13-17-7-9-20(25-17)18-12-15(21)4-8-19(18)22;/h2-9,12,23H,10-11,13H2,1H3;1H. The lowest BCUT2D eigenvalue weighted by Gasteiger charge is -2.05. The SMILES string of the molecule is COc1ccc(CCNCc2ccc(-c3cc(Cl)ccc3Cl)o2)cc1.Cl. The molecule has 0 aliphatic carbocycles. The van der Waals surface area contributed by atoms with E-state index < -0.39 is 0 Å². The lowest BCUT2D eigenvalue weighted by Crippen LogP contribution is -2.16. The van der Waals surface area contributed by atoms with Crippen molar-refractivity contribution in [1.29, 1.82) is 0 Å². The van der Waals surface area contributed by atoms with Gasteiger partial charge in [-0.1, -0.05) is 35.3 Å². The molecular formula is C20H20Cl3NO2. The van der Waals surface area contributed by atoms with Gasteiger partial charge in [0.05, 0.1) is 18.7 Å². The third-order valence-electron chi connectivity index (χ3n) is 3.90. The van der Waals surface area contributed by atoms with Gasteiger partial charge in [-0.3, -0.25) is 0 Å². The van der Waals surface area contributed by atoms with E-state index in [1.54, 1.807) is 19.2 Å². The quantitative estimate of drug-likeness (QED) is 0.482. The predicted octanol–water partition coefficient (Wildman–Crippen LogP) is 6.02. The summed E-state index contributed by atoms with van der Waals surface area (Å²) >= 11 is 12.2. The predicted molar refractivity (Wildman–Crippen MR) is 110 cm³/mol. The van der Waals surface area contributed by atoms with Crippen molar-refractivity contribution in [1.82, 2.24) is 5.32 Å². The van der Waals surface area contributed by atoms with Crippen molar-refractivity contribution in [3.63, 3.8) is 0 Å². The molecule has 26 heavy (non-hydrogen) atoms. The first kappa shape index (κ1) is 20.7. The van der Waals surface area contributed by atoms with Crippen molar-refractivity contribution < 1.29 is 9.15 Å². The summed E-state index contributed by atoms with van der Waals surface area (Å²) in [6.45, 7) is 1.52. The summed E-state index contributed by atoms with van der Waals surface area (Å²) in [4.78, 5) is 0. The maximum atomic E-state index is 6.21. The van der Waals surface area contributed by atoms with Gasteiger partial charge in [-0.2, -0.15) is 0 Å². The van der Waals surface area contributed by atoms with Crippen LogP contribution in [0.2, 0.25) is 10.0 Å². The van der Waals surface area contributed by atoms with Crippen LogP contribution >= 0.6 is 35.6 Å². The number of ether oxygens (including phenoxy) is 1. The average Bonchev–Trinajstić information content (AvgIpc) is 3.10. The van der Waals surface area contributed by atoms with E-state index in [0.717, 1.165) is 35.8 Å². The molecule has 1 heterocycles. The molecule has 0 amide bonds. The van der Waals surface area contributed by atoms with Crippen molar-refractivity contribution in [2.45, 2.75) is 13.0 Å². The molecule has 2 aromatic carbocycles. The molecule has 6 heteroatoms. The Morgan fingerprint density at radius 2 is 1.77 bits per heavy atom. The third kappa shape index (κ3) is 5.42. The maximum Gasteiger partial charge on any atom is 0.135 e. The van der Waals surface area contributed by atoms with Crippen molar-refractivity contribution >= 4 is 35.6 Å². The summed E-state index contributed by atoms with van der Waals surface area (Å²) in [5.41, 5.74) is 2.07. The Morgan fingerprint density at radius 3 is 2.50 bits per heavy atom. The summed E-state index contributed by atoms with van der Waals surface area (Å²) in [7, 11) is 1.67. The summed E-state index contributed by atoms with van der Waals surface area (Å²) < 4.78 is 11.0. The molecule has 0 atom stereocenters. The normalized spacial score (nSPS) is 10.4. The third-order valence-corrected chi connectivity index (χ3v) is 4.47. The molecule has 0 radical (unpaired) electrons. The monoisotopic (exact) mass is 411 g/mol. The van der Waals surface area contributed by atoms with Crippen LogP contribution in [0, 0.1) is 0 Å². The second-order valence-electron chi connectivity index (χ2n) is 5.66. The fourth-order valence-electron chi connectivity index (χ4n) is 2.54. The smallest absolute Gasteiger partial charge is 0.135 e. The first-order valence-corrected chi connectivity index (χ1v) is 8.79. The Morgan fingerprint density at radius 1 is 1.00 bits per heavy atom. The number of hydrogen-bond acceptors (Lipinski definition) is 3. The van der Waals surface area contributed by atoms with Crippen molar-refractivity contribution in [3.8, 4) is 17.1 Å². The van der Waals surface area contributed by atoms with Crippen LogP contribution in [0.3, 0.4) is 0 Å². The molecule has 0 fully saturated rings. The van der Waals surface area contributed by atoms with Crippen LogP contribution in [0.4, 0.5) is 0 Å². The molecular weight excluding hydrogens is 393 g/mol. The molecule has 3 nitrogen and oxygen atoms in total. The van der Waals surface area contributed by atoms with Gasteiger partial charge >= 0.3 is 0 Å². The number of hydrogen-bond donors (Lipinski definition) is 1. The first-order valence-electron chi connectivity index (χ1n) is 8.03. The van der Waals surface area contributed by atoms with Gasteiger partial charge in [-0.15, -0.1) is 12.4 Å². The molecule has 0 aliphatic rings. The van der Waals surface area contributed by atoms with Gasteiger partial charge in [0.25, 0.3) is 0 Å². The van der Waals surface area contributed by atoms with Gasteiger partial charge in [0.1, 0.15) is 17.3 Å². The van der Waals surface area contributed by atoms with Crippen LogP contribution in [0.25, 0.3) is 11.3 Å². The molecule has 3 rings (SSSR count). The second kappa shape index (κ2) is 9.89. The molecule has 0 unspecified atom stereocenters. The second-order valence-corrected chi connectivity index (χ2v) is 6.51. The van der Waals surface area contributed by atoms with E-state index in [0.29, 0.717) is 16.6 Å². The Labute approximate surface area is 169 Å². The fourth-order valence-corrected chi connectivity index (χ4v) is 2.92. The molecule has 0 spiro atoms. The number of methoxy groups -OCH3 is 1. The number of benzene rings is 2. The van der Waals surface area contributed by atoms with Crippen LogP contribution in [-0.2, 0) is 13.0 Å². The van der Waals surface area contributed by atoms with Crippen molar-refractivity contribution in [2.75, 3.05) is 13.7 Å². The van der Waals surface area contributed by atoms with E-state index in [9.17, 15) is 0 Å². The molecule has 3 aromatic rings. The lowest BCUT2D eigenvalue weighted by molar-refractivity contribution is 0.414. The number of halogens is 3. The van der Waals surface area contributed by atoms with Crippen LogP contribution in [0.5, 0.6) is 5.75 Å². The molecule has 0 saturated heterocycles. The minimum absolute atomic E-state index is 0. The van der Waals surface area contributed by atoms with Gasteiger partial charge in [-0.25, -0.2) is 0 Å². The van der Waals surface area contributed by atoms with Gasteiger partial charge in [0.15, 0.2) is 0 Å². The van der Waals surface area contributed by atoms with E-state index >= 15 is 0 Å². The lowest BCUT2D eigenvalue weighted by atomic mass is 10.1. The van der Waals surface area contributed by atoms with E-state index in [4.69, 9.17) is 32.4 Å². The summed E-state index contributed by atoms with van der Waals surface area (Å²) in [6.07, 6.45) is 0.942. The topological polar surface area (TPSA) is 34.4 Å². The van der Waals surface area contributed by atoms with Crippen LogP contribution in [-0.4, -0.2) is 13.7 Å². The molecule has 1 aromatic heterocycles. The molecule has 0 bridgehead atoms. The highest BCUT2D eigenvalue weighted by Gasteiger charge is 2.09. The first-order chi connectivity index (χ1) is 12.2. The fraction of sp³-hybridized carbons (Fsp3) is 0.200. The Hall–Kier alpha value is -1.65. The van der Waals surface area contributed by atoms with Crippen molar-refractivity contribution in [2.24, 2.45) is 0 Å². The summed E-state index contributed by atoms with van der Waals surface area (Å²) in [5, 5.41) is 4.64. The highest BCUT2D eigenvalue weighted by molar-refractivity contribution is 6.35. The van der Waals surface area contributed by atoms with E-state index in [-0.39, 0.29) is 12.4 Å². The van der Waals surface area contributed by atoms with E-state index in [2.05, 4.69) is 17.4 Å². The van der Waals surface area contributed by atoms with Crippen LogP contribution in [0.15, 0.2) is 59.0 Å². The zero-order valence-electron chi connectivity index (χ0n) is 14.3. The Bertz CT molecular complexity index is 831. The number of rotatable bonds is 7. The van der Waals surface area contributed by atoms with Crippen LogP contribution < -0.4 is 10.1 Å². The summed E-state index contributed by atoms with van der Waals surface area (Å²) in [6, 6.07) is 17.3. The van der Waals surface area contributed by atoms with Gasteiger partial charge in [0, 0.05) is 10.6 Å². The highest BCUT2D eigenvalue weighted by Crippen LogP contribution is 2.31. The number of nitrogens with one attached hydrogen (secondary N) is 1. The number of furan rings is 1. The Balaban J connectivity index is 0.00000243. The molecule has 138 valence electrons. The van der Waals surface area contributed by atoms with Crippen molar-refractivity contribution in [3.05, 3.63) is 76.0 Å². The summed E-state index contributed by atoms with van der Waals surface area (Å²) in [5.74, 6) is 2.46. The molecule has 0 aliphatic heterocycles. The minimum atomic E-state index is 0. The highest BCUT2D eigenvalue weighted by atomic mass is 35.5. The van der Waals surface area contributed by atoms with Gasteiger partial charge < -0.3 is 14.5 Å². The average molecular weight is 413 g/mol. The van der Waals surface area contributed by atoms with Gasteiger partial charge in [-0.05, 0) is 61.0 Å². The Kier molecular flexibility index (Phi) is 7.85. The van der Waals surface area contributed by atoms with E-state index in [1.807, 2.05) is 30.3 Å². The maximum absolute atomic E-state index is 6.21. The minimum Gasteiger partial charge on any atom is -0.497 e. The molecule has 1 N–H and O–H groups in total. The van der Waals surface area contributed by atoms with E-state index in [1.165, 1.54) is 5.56 Å². The zero-order chi connectivity index (χ0) is 17.6.